The fourth-order valence-electron chi connectivity index (χ4n) is 2.91. The van der Waals surface area contributed by atoms with Gasteiger partial charge in [0.05, 0.1) is 11.4 Å². The molecule has 1 amide bonds. The SMILES string of the molecule is CCS(=O)(=O)N(C)c1ccc(C(=O)NCC2CCCCC2)cc1. The summed E-state index contributed by atoms with van der Waals surface area (Å²) in [5.41, 5.74) is 1.13. The summed E-state index contributed by atoms with van der Waals surface area (Å²) in [7, 11) is -1.75. The molecular formula is C17H26N2O3S. The highest BCUT2D eigenvalue weighted by molar-refractivity contribution is 7.92. The van der Waals surface area contributed by atoms with Crippen molar-refractivity contribution < 1.29 is 13.2 Å². The minimum absolute atomic E-state index is 0.0487. The third-order valence-electron chi connectivity index (χ3n) is 4.55. The van der Waals surface area contributed by atoms with Gasteiger partial charge in [-0.2, -0.15) is 0 Å². The van der Waals surface area contributed by atoms with Crippen molar-refractivity contribution in [2.45, 2.75) is 39.0 Å². The van der Waals surface area contributed by atoms with Gasteiger partial charge in [-0.05, 0) is 49.9 Å². The molecule has 128 valence electrons. The van der Waals surface area contributed by atoms with Gasteiger partial charge in [0.2, 0.25) is 10.0 Å². The van der Waals surface area contributed by atoms with Crippen LogP contribution >= 0.6 is 0 Å². The van der Waals surface area contributed by atoms with Gasteiger partial charge in [0.1, 0.15) is 0 Å². The fourth-order valence-corrected chi connectivity index (χ4v) is 3.74. The molecule has 6 heteroatoms. The third kappa shape index (κ3) is 4.70. The molecule has 0 radical (unpaired) electrons. The largest absolute Gasteiger partial charge is 0.352 e. The number of hydrogen-bond acceptors (Lipinski definition) is 3. The van der Waals surface area contributed by atoms with E-state index in [0.717, 1.165) is 6.54 Å². The first-order chi connectivity index (χ1) is 10.9. The minimum Gasteiger partial charge on any atom is -0.352 e. The third-order valence-corrected chi connectivity index (χ3v) is 6.33. The molecule has 0 aromatic heterocycles. The normalized spacial score (nSPS) is 16.1. The molecule has 5 nitrogen and oxygen atoms in total. The van der Waals surface area contributed by atoms with E-state index in [9.17, 15) is 13.2 Å². The monoisotopic (exact) mass is 338 g/mol. The molecule has 1 saturated carbocycles. The summed E-state index contributed by atoms with van der Waals surface area (Å²) < 4.78 is 24.9. The van der Waals surface area contributed by atoms with E-state index in [0.29, 0.717) is 17.2 Å². The van der Waals surface area contributed by atoms with E-state index in [-0.39, 0.29) is 11.7 Å². The summed E-state index contributed by atoms with van der Waals surface area (Å²) in [6.45, 7) is 2.34. The van der Waals surface area contributed by atoms with E-state index in [4.69, 9.17) is 0 Å². The second-order valence-electron chi connectivity index (χ2n) is 6.13. The summed E-state index contributed by atoms with van der Waals surface area (Å²) in [6.07, 6.45) is 6.21. The van der Waals surface area contributed by atoms with Crippen LogP contribution in [0.4, 0.5) is 5.69 Å². The summed E-state index contributed by atoms with van der Waals surface area (Å²) in [5.74, 6) is 0.545. The molecule has 1 fully saturated rings. The van der Waals surface area contributed by atoms with Gasteiger partial charge in [-0.3, -0.25) is 9.10 Å². The predicted molar refractivity (Wildman–Crippen MR) is 93.2 cm³/mol. The number of anilines is 1. The van der Waals surface area contributed by atoms with E-state index < -0.39 is 10.0 Å². The van der Waals surface area contributed by atoms with Crippen LogP contribution in [0.1, 0.15) is 49.4 Å². The zero-order valence-corrected chi connectivity index (χ0v) is 14.7. The predicted octanol–water partition coefficient (Wildman–Crippen LogP) is 2.78. The van der Waals surface area contributed by atoms with Gasteiger partial charge >= 0.3 is 0 Å². The van der Waals surface area contributed by atoms with E-state index in [1.165, 1.54) is 43.5 Å². The molecule has 1 aliphatic carbocycles. The Morgan fingerprint density at radius 1 is 1.17 bits per heavy atom. The molecule has 0 heterocycles. The maximum absolute atomic E-state index is 12.2. The molecule has 0 unspecified atom stereocenters. The van der Waals surface area contributed by atoms with Crippen molar-refractivity contribution in [2.75, 3.05) is 23.7 Å². The number of nitrogens with zero attached hydrogens (tertiary/aromatic N) is 1. The summed E-state index contributed by atoms with van der Waals surface area (Å²) in [5, 5.41) is 2.99. The lowest BCUT2D eigenvalue weighted by Crippen LogP contribution is -2.30. The standard InChI is InChI=1S/C17H26N2O3S/c1-3-23(21,22)19(2)16-11-9-15(10-12-16)17(20)18-13-14-7-5-4-6-8-14/h9-12,14H,3-8,13H2,1-2H3,(H,18,20). The van der Waals surface area contributed by atoms with Crippen molar-refractivity contribution in [3.63, 3.8) is 0 Å². The topological polar surface area (TPSA) is 66.5 Å². The van der Waals surface area contributed by atoms with Gasteiger partial charge in [0, 0.05) is 19.2 Å². The summed E-state index contributed by atoms with van der Waals surface area (Å²) in [4.78, 5) is 12.2. The average Bonchev–Trinajstić information content (AvgIpc) is 2.60. The van der Waals surface area contributed by atoms with Crippen LogP contribution in [0.5, 0.6) is 0 Å². The van der Waals surface area contributed by atoms with Gasteiger partial charge in [0.15, 0.2) is 0 Å². The second kappa shape index (κ2) is 7.81. The van der Waals surface area contributed by atoms with Crippen LogP contribution in [0.3, 0.4) is 0 Å². The highest BCUT2D eigenvalue weighted by Gasteiger charge is 2.17. The Balaban J connectivity index is 1.94. The first kappa shape index (κ1) is 17.8. The van der Waals surface area contributed by atoms with Crippen molar-refractivity contribution in [2.24, 2.45) is 5.92 Å². The maximum atomic E-state index is 12.2. The molecular weight excluding hydrogens is 312 g/mol. The van der Waals surface area contributed by atoms with Crippen molar-refractivity contribution >= 4 is 21.6 Å². The van der Waals surface area contributed by atoms with Crippen LogP contribution in [0, 0.1) is 5.92 Å². The Hall–Kier alpha value is -1.56. The zero-order chi connectivity index (χ0) is 16.9. The lowest BCUT2D eigenvalue weighted by molar-refractivity contribution is 0.0943. The highest BCUT2D eigenvalue weighted by atomic mass is 32.2. The average molecular weight is 338 g/mol. The van der Waals surface area contributed by atoms with E-state index in [1.807, 2.05) is 0 Å². The minimum atomic E-state index is -3.28. The quantitative estimate of drug-likeness (QED) is 0.867. The van der Waals surface area contributed by atoms with E-state index in [1.54, 1.807) is 31.2 Å². The Labute approximate surface area is 139 Å². The zero-order valence-electron chi connectivity index (χ0n) is 13.9. The van der Waals surface area contributed by atoms with E-state index in [2.05, 4.69) is 5.32 Å². The van der Waals surface area contributed by atoms with Crippen molar-refractivity contribution in [3.05, 3.63) is 29.8 Å². The lowest BCUT2D eigenvalue weighted by Gasteiger charge is -2.22. The van der Waals surface area contributed by atoms with Gasteiger partial charge in [-0.15, -0.1) is 0 Å². The van der Waals surface area contributed by atoms with Gasteiger partial charge in [0.25, 0.3) is 5.91 Å². The molecule has 23 heavy (non-hydrogen) atoms. The van der Waals surface area contributed by atoms with Gasteiger partial charge in [-0.25, -0.2) is 8.42 Å². The molecule has 1 N–H and O–H groups in total. The molecule has 0 bridgehead atoms. The van der Waals surface area contributed by atoms with Crippen molar-refractivity contribution in [1.82, 2.24) is 5.32 Å². The number of nitrogens with one attached hydrogen (secondary N) is 1. The maximum Gasteiger partial charge on any atom is 0.251 e. The van der Waals surface area contributed by atoms with Crippen LogP contribution in [0.2, 0.25) is 0 Å². The molecule has 0 atom stereocenters. The van der Waals surface area contributed by atoms with E-state index >= 15 is 0 Å². The lowest BCUT2D eigenvalue weighted by atomic mass is 9.89. The fraction of sp³-hybridized carbons (Fsp3) is 0.588. The Bertz CT molecular complexity index is 620. The molecule has 0 aliphatic heterocycles. The molecule has 1 aromatic rings. The van der Waals surface area contributed by atoms with Crippen LogP contribution < -0.4 is 9.62 Å². The number of amides is 1. The van der Waals surface area contributed by atoms with Crippen LogP contribution in [-0.2, 0) is 10.0 Å². The molecule has 0 spiro atoms. The number of carbonyl (C=O) groups excluding carboxylic acids is 1. The van der Waals surface area contributed by atoms with Gasteiger partial charge in [-0.1, -0.05) is 19.3 Å². The number of carbonyl (C=O) groups is 1. The first-order valence-electron chi connectivity index (χ1n) is 8.29. The summed E-state index contributed by atoms with van der Waals surface area (Å²) in [6, 6.07) is 6.69. The Morgan fingerprint density at radius 3 is 2.35 bits per heavy atom. The van der Waals surface area contributed by atoms with Crippen LogP contribution in [0.15, 0.2) is 24.3 Å². The molecule has 0 saturated heterocycles. The Morgan fingerprint density at radius 2 is 1.78 bits per heavy atom. The highest BCUT2D eigenvalue weighted by Crippen LogP contribution is 2.23. The first-order valence-corrected chi connectivity index (χ1v) is 9.90. The van der Waals surface area contributed by atoms with Crippen molar-refractivity contribution in [1.29, 1.82) is 0 Å². The number of benzene rings is 1. The second-order valence-corrected chi connectivity index (χ2v) is 8.42. The summed E-state index contributed by atoms with van der Waals surface area (Å²) >= 11 is 0. The van der Waals surface area contributed by atoms with Crippen molar-refractivity contribution in [3.8, 4) is 0 Å². The number of hydrogen-bond donors (Lipinski definition) is 1. The smallest absolute Gasteiger partial charge is 0.251 e. The molecule has 2 rings (SSSR count). The molecule has 1 aliphatic rings. The van der Waals surface area contributed by atoms with Crippen LogP contribution in [-0.4, -0.2) is 33.7 Å². The number of rotatable bonds is 6. The molecule has 1 aromatic carbocycles. The Kier molecular flexibility index (Phi) is 6.04. The number of sulfonamides is 1. The van der Waals surface area contributed by atoms with Crippen LogP contribution in [0.25, 0.3) is 0 Å². The van der Waals surface area contributed by atoms with Gasteiger partial charge < -0.3 is 5.32 Å².